The molecule has 0 bridgehead atoms. The molecule has 2 aliphatic rings. The van der Waals surface area contributed by atoms with Crippen LogP contribution in [0.15, 0.2) is 12.3 Å². The Morgan fingerprint density at radius 2 is 2.09 bits per heavy atom. The highest BCUT2D eigenvalue weighted by Gasteiger charge is 2.28. The van der Waals surface area contributed by atoms with Gasteiger partial charge in [0.05, 0.1) is 12.8 Å². The van der Waals surface area contributed by atoms with Gasteiger partial charge in [-0.1, -0.05) is 0 Å². The normalized spacial score (nSPS) is 18.3. The first-order valence-electron chi connectivity index (χ1n) is 8.17. The van der Waals surface area contributed by atoms with E-state index in [2.05, 4.69) is 4.98 Å². The fourth-order valence-electron chi connectivity index (χ4n) is 2.78. The number of fused-ring (bicyclic) bond motifs is 1. The monoisotopic (exact) mass is 320 g/mol. The number of pyridine rings is 1. The maximum atomic E-state index is 12.0. The molecule has 0 radical (unpaired) electrons. The zero-order valence-corrected chi connectivity index (χ0v) is 14.0. The van der Waals surface area contributed by atoms with Gasteiger partial charge in [0.1, 0.15) is 17.5 Å². The maximum Gasteiger partial charge on any atom is 0.410 e. The fourth-order valence-corrected chi connectivity index (χ4v) is 2.78. The number of hydrogen-bond acceptors (Lipinski definition) is 5. The van der Waals surface area contributed by atoms with Crippen LogP contribution in [0.5, 0.6) is 11.6 Å². The van der Waals surface area contributed by atoms with Crippen molar-refractivity contribution < 1.29 is 19.0 Å². The van der Waals surface area contributed by atoms with Crippen molar-refractivity contribution >= 4 is 6.09 Å². The lowest BCUT2D eigenvalue weighted by Gasteiger charge is -2.33. The van der Waals surface area contributed by atoms with Crippen LogP contribution in [0.3, 0.4) is 0 Å². The molecule has 126 valence electrons. The average Bonchev–Trinajstić information content (AvgIpc) is 2.94. The lowest BCUT2D eigenvalue weighted by atomic mass is 10.1. The molecule has 1 saturated heterocycles. The predicted molar refractivity (Wildman–Crippen MR) is 84.9 cm³/mol. The molecule has 2 aliphatic heterocycles. The third-order valence-electron chi connectivity index (χ3n) is 3.91. The number of rotatable bonds is 2. The molecular formula is C17H24N2O4. The second kappa shape index (κ2) is 6.26. The summed E-state index contributed by atoms with van der Waals surface area (Å²) in [6, 6.07) is 2.01. The zero-order valence-electron chi connectivity index (χ0n) is 14.0. The summed E-state index contributed by atoms with van der Waals surface area (Å²) in [4.78, 5) is 18.1. The smallest absolute Gasteiger partial charge is 0.410 e. The Morgan fingerprint density at radius 1 is 1.35 bits per heavy atom. The number of carbonyl (C=O) groups excluding carboxylic acids is 1. The van der Waals surface area contributed by atoms with Crippen LogP contribution >= 0.6 is 0 Å². The van der Waals surface area contributed by atoms with E-state index >= 15 is 0 Å². The van der Waals surface area contributed by atoms with Crippen molar-refractivity contribution in [3.8, 4) is 11.6 Å². The van der Waals surface area contributed by atoms with Crippen LogP contribution in [-0.4, -0.2) is 47.4 Å². The van der Waals surface area contributed by atoms with Gasteiger partial charge in [-0.15, -0.1) is 0 Å². The summed E-state index contributed by atoms with van der Waals surface area (Å²) in [5.74, 6) is 1.50. The predicted octanol–water partition coefficient (Wildman–Crippen LogP) is 2.79. The van der Waals surface area contributed by atoms with Gasteiger partial charge in [0, 0.05) is 37.9 Å². The molecule has 1 fully saturated rings. The molecule has 1 aromatic heterocycles. The Morgan fingerprint density at radius 3 is 2.78 bits per heavy atom. The van der Waals surface area contributed by atoms with Gasteiger partial charge in [-0.2, -0.15) is 0 Å². The Balaban J connectivity index is 1.50. The summed E-state index contributed by atoms with van der Waals surface area (Å²) in [6.45, 7) is 7.64. The van der Waals surface area contributed by atoms with Gasteiger partial charge in [-0.05, 0) is 26.8 Å². The molecule has 0 aliphatic carbocycles. The van der Waals surface area contributed by atoms with E-state index < -0.39 is 5.60 Å². The summed E-state index contributed by atoms with van der Waals surface area (Å²) in [7, 11) is 0. The van der Waals surface area contributed by atoms with Crippen LogP contribution < -0.4 is 9.47 Å². The van der Waals surface area contributed by atoms with E-state index in [1.165, 1.54) is 0 Å². The molecule has 1 aromatic rings. The van der Waals surface area contributed by atoms with E-state index in [0.29, 0.717) is 19.7 Å². The van der Waals surface area contributed by atoms with Crippen molar-refractivity contribution in [2.24, 2.45) is 0 Å². The third kappa shape index (κ3) is 4.06. The number of piperidine rings is 1. The van der Waals surface area contributed by atoms with Crippen LogP contribution in [0.2, 0.25) is 0 Å². The van der Waals surface area contributed by atoms with Crippen molar-refractivity contribution in [1.29, 1.82) is 0 Å². The van der Waals surface area contributed by atoms with E-state index in [1.807, 2.05) is 26.8 Å². The lowest BCUT2D eigenvalue weighted by Crippen LogP contribution is -2.44. The number of nitrogens with zero attached hydrogens (tertiary/aromatic N) is 2. The largest absolute Gasteiger partial charge is 0.489 e. The van der Waals surface area contributed by atoms with Gasteiger partial charge in [0.25, 0.3) is 0 Å². The van der Waals surface area contributed by atoms with Crippen LogP contribution in [0, 0.1) is 0 Å². The first-order valence-corrected chi connectivity index (χ1v) is 8.17. The topological polar surface area (TPSA) is 60.9 Å². The molecule has 1 amide bonds. The third-order valence-corrected chi connectivity index (χ3v) is 3.91. The van der Waals surface area contributed by atoms with Crippen LogP contribution in [0.4, 0.5) is 4.79 Å². The molecule has 0 N–H and O–H groups in total. The van der Waals surface area contributed by atoms with E-state index in [4.69, 9.17) is 14.2 Å². The fraction of sp³-hybridized carbons (Fsp3) is 0.647. The molecule has 6 heteroatoms. The van der Waals surface area contributed by atoms with Gasteiger partial charge in [0.15, 0.2) is 0 Å². The van der Waals surface area contributed by atoms with Gasteiger partial charge in [0.2, 0.25) is 5.88 Å². The van der Waals surface area contributed by atoms with E-state index in [9.17, 15) is 4.79 Å². The highest BCUT2D eigenvalue weighted by molar-refractivity contribution is 5.68. The highest BCUT2D eigenvalue weighted by Crippen LogP contribution is 2.27. The quantitative estimate of drug-likeness (QED) is 0.838. The van der Waals surface area contributed by atoms with E-state index in [0.717, 1.165) is 36.5 Å². The van der Waals surface area contributed by atoms with Gasteiger partial charge < -0.3 is 19.1 Å². The maximum absolute atomic E-state index is 12.0. The minimum absolute atomic E-state index is 0.107. The van der Waals surface area contributed by atoms with Crippen molar-refractivity contribution in [3.63, 3.8) is 0 Å². The Labute approximate surface area is 136 Å². The Kier molecular flexibility index (Phi) is 4.33. The van der Waals surface area contributed by atoms with E-state index in [1.54, 1.807) is 11.1 Å². The summed E-state index contributed by atoms with van der Waals surface area (Å²) >= 11 is 0. The number of amides is 1. The lowest BCUT2D eigenvalue weighted by molar-refractivity contribution is 0.0126. The Bertz CT molecular complexity index is 574. The van der Waals surface area contributed by atoms with E-state index in [-0.39, 0.29) is 12.2 Å². The SMILES string of the molecule is CC(C)(C)OC(=O)N1CCC(Oc2cnc3c(c2)CCO3)CC1. The molecule has 3 rings (SSSR count). The molecular weight excluding hydrogens is 296 g/mol. The molecule has 23 heavy (non-hydrogen) atoms. The van der Waals surface area contributed by atoms with Crippen molar-refractivity contribution in [1.82, 2.24) is 9.88 Å². The number of ether oxygens (including phenoxy) is 3. The molecule has 6 nitrogen and oxygen atoms in total. The second-order valence-electron chi connectivity index (χ2n) is 7.02. The number of hydrogen-bond donors (Lipinski definition) is 0. The van der Waals surface area contributed by atoms with Gasteiger partial charge >= 0.3 is 6.09 Å². The van der Waals surface area contributed by atoms with Crippen LogP contribution in [-0.2, 0) is 11.2 Å². The molecule has 0 saturated carbocycles. The summed E-state index contributed by atoms with van der Waals surface area (Å²) in [6.07, 6.45) is 4.06. The minimum atomic E-state index is -0.456. The van der Waals surface area contributed by atoms with Crippen molar-refractivity contribution in [3.05, 3.63) is 17.8 Å². The molecule has 0 atom stereocenters. The Hall–Kier alpha value is -1.98. The second-order valence-corrected chi connectivity index (χ2v) is 7.02. The molecule has 3 heterocycles. The van der Waals surface area contributed by atoms with Crippen molar-refractivity contribution in [2.75, 3.05) is 19.7 Å². The summed E-state index contributed by atoms with van der Waals surface area (Å²) in [5.41, 5.74) is 0.650. The van der Waals surface area contributed by atoms with Crippen LogP contribution in [0.25, 0.3) is 0 Å². The highest BCUT2D eigenvalue weighted by atomic mass is 16.6. The average molecular weight is 320 g/mol. The molecule has 0 aromatic carbocycles. The molecule has 0 unspecified atom stereocenters. The standard InChI is InChI=1S/C17H24N2O4/c1-17(2,3)23-16(20)19-7-4-13(5-8-19)22-14-10-12-6-9-21-15(12)18-11-14/h10-11,13H,4-9H2,1-3H3. The molecule has 0 spiro atoms. The first-order chi connectivity index (χ1) is 10.9. The van der Waals surface area contributed by atoms with Crippen molar-refractivity contribution in [2.45, 2.75) is 51.7 Å². The number of aromatic nitrogens is 1. The summed E-state index contributed by atoms with van der Waals surface area (Å²) in [5, 5.41) is 0. The summed E-state index contributed by atoms with van der Waals surface area (Å²) < 4.78 is 16.8. The van der Waals surface area contributed by atoms with Crippen LogP contribution in [0.1, 0.15) is 39.2 Å². The van der Waals surface area contributed by atoms with Gasteiger partial charge in [-0.3, -0.25) is 0 Å². The zero-order chi connectivity index (χ0) is 16.4. The number of likely N-dealkylation sites (tertiary alicyclic amines) is 1. The number of carbonyl (C=O) groups is 1. The minimum Gasteiger partial charge on any atom is -0.489 e. The first kappa shape index (κ1) is 15.9. The van der Waals surface area contributed by atoms with Gasteiger partial charge in [-0.25, -0.2) is 9.78 Å².